The zero-order valence-electron chi connectivity index (χ0n) is 64.1. The van der Waals surface area contributed by atoms with Crippen LogP contribution in [0.5, 0.6) is 0 Å². The van der Waals surface area contributed by atoms with Crippen molar-refractivity contribution in [1.29, 1.82) is 0 Å². The van der Waals surface area contributed by atoms with Crippen molar-refractivity contribution in [3.63, 3.8) is 0 Å². The number of hydrogen-bond acceptors (Lipinski definition) is 15. The predicted octanol–water partition coefficient (Wildman–Crippen LogP) is 22.9. The molecule has 0 saturated carbocycles. The topological polar surface area (TPSA) is 237 Å². The summed E-state index contributed by atoms with van der Waals surface area (Å²) in [5.41, 5.74) is 0. The summed E-state index contributed by atoms with van der Waals surface area (Å²) in [6.07, 6.45) is 83.7. The van der Waals surface area contributed by atoms with Gasteiger partial charge in [0.15, 0.2) is 6.10 Å². The summed E-state index contributed by atoms with van der Waals surface area (Å²) in [4.78, 5) is 68.1. The van der Waals surface area contributed by atoms with E-state index in [2.05, 4.69) is 98.9 Å². The van der Waals surface area contributed by atoms with Crippen LogP contribution in [0.25, 0.3) is 0 Å². The molecule has 19 heteroatoms. The lowest BCUT2D eigenvalue weighted by Gasteiger charge is -2.21. The Morgan fingerprint density at radius 1 is 0.324 bits per heavy atom. The van der Waals surface area contributed by atoms with E-state index in [0.29, 0.717) is 45.3 Å². The minimum atomic E-state index is -4.94. The van der Waals surface area contributed by atoms with Crippen molar-refractivity contribution < 1.29 is 80.2 Å². The average molecular weight is 1480 g/mol. The Balaban J connectivity index is 5.28. The number of aliphatic hydroxyl groups excluding tert-OH is 1. The molecule has 0 aromatic heterocycles. The average Bonchev–Trinajstić information content (AvgIpc) is 0.914. The van der Waals surface area contributed by atoms with Crippen LogP contribution in [0.3, 0.4) is 0 Å². The molecule has 2 unspecified atom stereocenters. The molecule has 0 aromatic rings. The molecule has 0 saturated heterocycles. The van der Waals surface area contributed by atoms with Gasteiger partial charge in [0.05, 0.1) is 33.0 Å². The highest BCUT2D eigenvalue weighted by molar-refractivity contribution is 7.47. The predicted molar refractivity (Wildman–Crippen MR) is 418 cm³/mol. The first-order chi connectivity index (χ1) is 49.9. The smallest absolute Gasteiger partial charge is 0.462 e. The molecule has 590 valence electrons. The molecular weight excluding hydrogens is 1330 g/mol. The first-order valence-electron chi connectivity index (χ1n) is 40.4. The molecule has 0 aliphatic rings. The fourth-order valence-electron chi connectivity index (χ4n) is 10.8. The van der Waals surface area contributed by atoms with Gasteiger partial charge in [-0.05, 0) is 161 Å². The fraction of sp³-hybridized carbons (Fsp3) is 0.759. The first kappa shape index (κ1) is 98.3. The largest absolute Gasteiger partial charge is 0.472 e. The minimum absolute atomic E-state index is 0.0378. The monoisotopic (exact) mass is 1480 g/mol. The Kier molecular flexibility index (Phi) is 75.5. The van der Waals surface area contributed by atoms with Crippen LogP contribution in [0.2, 0.25) is 0 Å². The molecule has 0 heterocycles. The van der Waals surface area contributed by atoms with Crippen molar-refractivity contribution in [2.24, 2.45) is 0 Å². The maximum Gasteiger partial charge on any atom is 0.472 e. The van der Waals surface area contributed by atoms with Gasteiger partial charge in [0, 0.05) is 38.9 Å². The third-order valence-corrected chi connectivity index (χ3v) is 18.9. The molecule has 3 N–H and O–H groups in total. The molecule has 0 bridgehead atoms. The SMILES string of the molecule is CCCCC/C=C\C/C=C\C/C=C\C/C=C\CCCC(=O)O[C@H](COC(=O)CCCCCCC/C=C\C/C=C\CCCCC)COP(=O)(O)OC[C@@H](O)COP(=O)(O)OC[C@@H](COCCCCCCCCC/C=C\CCCCCCC=O)OCCCCCCCCC/C=C\CCCCCCC=O. The zero-order valence-corrected chi connectivity index (χ0v) is 65.9. The van der Waals surface area contributed by atoms with E-state index in [-0.39, 0.29) is 26.1 Å². The van der Waals surface area contributed by atoms with Crippen LogP contribution >= 0.6 is 15.6 Å². The molecule has 0 aromatic carbocycles. The second-order valence-electron chi connectivity index (χ2n) is 26.9. The van der Waals surface area contributed by atoms with Gasteiger partial charge in [-0.2, -0.15) is 0 Å². The quantitative estimate of drug-likeness (QED) is 0.0169. The van der Waals surface area contributed by atoms with Crippen molar-refractivity contribution >= 4 is 40.2 Å². The van der Waals surface area contributed by atoms with Gasteiger partial charge in [-0.15, -0.1) is 0 Å². The summed E-state index contributed by atoms with van der Waals surface area (Å²) < 4.78 is 70.0. The summed E-state index contributed by atoms with van der Waals surface area (Å²) in [6, 6.07) is 0. The third kappa shape index (κ3) is 77.4. The molecule has 0 rings (SSSR count). The van der Waals surface area contributed by atoms with Gasteiger partial charge >= 0.3 is 27.6 Å². The first-order valence-corrected chi connectivity index (χ1v) is 43.4. The Labute approximate surface area is 620 Å². The fourth-order valence-corrected chi connectivity index (χ4v) is 12.4. The van der Waals surface area contributed by atoms with Crippen molar-refractivity contribution in [1.82, 2.24) is 0 Å². The van der Waals surface area contributed by atoms with Crippen molar-refractivity contribution in [3.05, 3.63) is 97.2 Å². The Bertz CT molecular complexity index is 2240. The van der Waals surface area contributed by atoms with Crippen LogP contribution in [-0.2, 0) is 65.4 Å². The number of hydrogen-bond donors (Lipinski definition) is 3. The Morgan fingerprint density at radius 2 is 0.627 bits per heavy atom. The summed E-state index contributed by atoms with van der Waals surface area (Å²) >= 11 is 0. The van der Waals surface area contributed by atoms with Crippen molar-refractivity contribution in [2.75, 3.05) is 52.9 Å². The van der Waals surface area contributed by atoms with E-state index < -0.39 is 72.3 Å². The summed E-state index contributed by atoms with van der Waals surface area (Å²) in [7, 11) is -9.71. The zero-order chi connectivity index (χ0) is 74.3. The van der Waals surface area contributed by atoms with Crippen LogP contribution in [0.4, 0.5) is 0 Å². The number of phosphoric acid groups is 2. The lowest BCUT2D eigenvalue weighted by atomic mass is 10.1. The molecule has 0 spiro atoms. The number of carbonyl (C=O) groups is 4. The van der Waals surface area contributed by atoms with E-state index in [4.69, 9.17) is 37.0 Å². The minimum Gasteiger partial charge on any atom is -0.462 e. The second-order valence-corrected chi connectivity index (χ2v) is 29.8. The highest BCUT2D eigenvalue weighted by Gasteiger charge is 2.30. The summed E-state index contributed by atoms with van der Waals surface area (Å²) in [6.45, 7) is 2.41. The number of esters is 2. The molecule has 0 fully saturated rings. The number of rotatable bonds is 80. The molecule has 0 amide bonds. The van der Waals surface area contributed by atoms with Gasteiger partial charge in [0.1, 0.15) is 31.4 Å². The number of aliphatic hydroxyl groups is 1. The van der Waals surface area contributed by atoms with Crippen LogP contribution in [-0.4, -0.2) is 111 Å². The van der Waals surface area contributed by atoms with Gasteiger partial charge in [-0.3, -0.25) is 27.7 Å². The van der Waals surface area contributed by atoms with E-state index in [1.165, 1.54) is 109 Å². The van der Waals surface area contributed by atoms with Crippen LogP contribution in [0, 0.1) is 0 Å². The number of carbonyl (C=O) groups excluding carboxylic acids is 4. The van der Waals surface area contributed by atoms with E-state index >= 15 is 0 Å². The highest BCUT2D eigenvalue weighted by atomic mass is 31.2. The second kappa shape index (κ2) is 78.4. The van der Waals surface area contributed by atoms with Gasteiger partial charge < -0.3 is 43.4 Å². The normalized spacial score (nSPS) is 14.4. The van der Waals surface area contributed by atoms with Crippen LogP contribution in [0.15, 0.2) is 97.2 Å². The van der Waals surface area contributed by atoms with Crippen molar-refractivity contribution in [3.8, 4) is 0 Å². The molecule has 0 aliphatic carbocycles. The summed E-state index contributed by atoms with van der Waals surface area (Å²) in [5.74, 6) is -1.12. The maximum atomic E-state index is 13.1. The Hall–Kier alpha value is -3.70. The van der Waals surface area contributed by atoms with Crippen molar-refractivity contribution in [2.45, 2.75) is 353 Å². The third-order valence-electron chi connectivity index (χ3n) is 17.0. The van der Waals surface area contributed by atoms with Crippen LogP contribution in [0.1, 0.15) is 335 Å². The molecule has 5 atom stereocenters. The molecule has 102 heavy (non-hydrogen) atoms. The number of ether oxygens (including phenoxy) is 4. The number of aldehydes is 2. The van der Waals surface area contributed by atoms with Gasteiger partial charge in [0.2, 0.25) is 0 Å². The van der Waals surface area contributed by atoms with E-state index in [9.17, 15) is 43.2 Å². The number of allylic oxidation sites excluding steroid dienone is 16. The van der Waals surface area contributed by atoms with Gasteiger partial charge in [0.25, 0.3) is 0 Å². The maximum absolute atomic E-state index is 13.1. The van der Waals surface area contributed by atoms with E-state index in [1.807, 2.05) is 12.2 Å². The standard InChI is InChI=1S/C83H146O17P2/c1-3-5-7-9-11-13-15-17-19-20-26-32-38-44-50-56-62-68-83(88)100-81(76-95-82(87)67-61-55-49-43-37-31-25-18-16-14-12-10-8-6-4-2)78-99-102(91,92)97-74-79(86)73-96-101(89,90)98-77-80(94-72-66-60-54-48-42-36-30-24-22-28-34-40-46-52-58-64-70-85)75-93-71-65-59-53-47-41-35-29-23-21-27-33-39-45-51-57-63-69-84/h11-14,17-19,21-22,25-28,32,44,50,69-70,79-81,86H,3-10,15-16,20,23-24,29-31,33-43,45-49,51-68,71-78H2,1-2H3,(H,89,90)(H,91,92)/b13-11-,14-12-,19-17-,25-18-,27-21-,28-22-,32-26-,50-44-/t79-,80+,81+/m0/s1. The lowest BCUT2D eigenvalue weighted by molar-refractivity contribution is -0.161. The van der Waals surface area contributed by atoms with Gasteiger partial charge in [-0.1, -0.05) is 246 Å². The molecule has 17 nitrogen and oxygen atoms in total. The number of unbranched alkanes of at least 4 members (excludes halogenated alkanes) is 36. The molecule has 0 aliphatic heterocycles. The van der Waals surface area contributed by atoms with E-state index in [1.54, 1.807) is 0 Å². The Morgan fingerprint density at radius 3 is 1.03 bits per heavy atom. The summed E-state index contributed by atoms with van der Waals surface area (Å²) in [5, 5.41) is 10.7. The van der Waals surface area contributed by atoms with Crippen LogP contribution < -0.4 is 0 Å². The highest BCUT2D eigenvalue weighted by Crippen LogP contribution is 2.45. The van der Waals surface area contributed by atoms with E-state index in [0.717, 1.165) is 180 Å². The molecule has 0 radical (unpaired) electrons. The molecular formula is C83H146O17P2. The van der Waals surface area contributed by atoms with Gasteiger partial charge in [-0.25, -0.2) is 9.13 Å². The lowest BCUT2D eigenvalue weighted by Crippen LogP contribution is -2.30. The number of phosphoric ester groups is 2.